The Morgan fingerprint density at radius 2 is 1.82 bits per heavy atom. The molecule has 0 unspecified atom stereocenters. The van der Waals surface area contributed by atoms with Crippen LogP contribution in [0.4, 0.5) is 0 Å². The van der Waals surface area contributed by atoms with Crippen LogP contribution >= 0.6 is 0 Å². The van der Waals surface area contributed by atoms with Gasteiger partial charge in [-0.15, -0.1) is 0 Å². The van der Waals surface area contributed by atoms with E-state index in [1.807, 2.05) is 18.2 Å². The molecule has 1 aromatic carbocycles. The Kier molecular flexibility index (Phi) is 2.93. The molecule has 2 heteroatoms. The number of hydrogen-bond donors (Lipinski definition) is 1. The predicted molar refractivity (Wildman–Crippen MR) is 68.8 cm³/mol. The summed E-state index contributed by atoms with van der Waals surface area (Å²) >= 11 is 0. The second-order valence-electron chi connectivity index (χ2n) is 5.44. The van der Waals surface area contributed by atoms with E-state index in [1.54, 1.807) is 0 Å². The zero-order valence-corrected chi connectivity index (χ0v) is 10.3. The summed E-state index contributed by atoms with van der Waals surface area (Å²) in [4.78, 5) is 2.50. The molecule has 92 valence electrons. The van der Waals surface area contributed by atoms with Crippen molar-refractivity contribution >= 4 is 0 Å². The highest BCUT2D eigenvalue weighted by Gasteiger charge is 2.44. The summed E-state index contributed by atoms with van der Waals surface area (Å²) in [5, 5.41) is 11.1. The van der Waals surface area contributed by atoms with Gasteiger partial charge in [-0.25, -0.2) is 0 Å². The molecule has 2 nitrogen and oxygen atoms in total. The van der Waals surface area contributed by atoms with E-state index in [1.165, 1.54) is 25.9 Å². The van der Waals surface area contributed by atoms with E-state index in [-0.39, 0.29) is 0 Å². The molecule has 0 spiro atoms. The fourth-order valence-electron chi connectivity index (χ4n) is 3.58. The fourth-order valence-corrected chi connectivity index (χ4v) is 3.58. The maximum atomic E-state index is 11.1. The molecule has 3 rings (SSSR count). The maximum Gasteiger partial charge on any atom is 0.105 e. The average molecular weight is 231 g/mol. The molecule has 0 amide bonds. The fraction of sp³-hybridized carbons (Fsp3) is 0.600. The van der Waals surface area contributed by atoms with Crippen molar-refractivity contribution in [2.45, 2.75) is 43.7 Å². The Labute approximate surface area is 103 Å². The lowest BCUT2D eigenvalue weighted by Crippen LogP contribution is -2.56. The van der Waals surface area contributed by atoms with Crippen LogP contribution in [0.5, 0.6) is 0 Å². The third-order valence-electron chi connectivity index (χ3n) is 4.44. The van der Waals surface area contributed by atoms with Gasteiger partial charge in [-0.3, -0.25) is 4.90 Å². The van der Waals surface area contributed by atoms with Gasteiger partial charge in [-0.2, -0.15) is 0 Å². The largest absolute Gasteiger partial charge is 0.384 e. The maximum absolute atomic E-state index is 11.1. The molecule has 0 bridgehead atoms. The summed E-state index contributed by atoms with van der Waals surface area (Å²) in [5.74, 6) is 0. The van der Waals surface area contributed by atoms with E-state index in [0.717, 1.165) is 24.8 Å². The lowest BCUT2D eigenvalue weighted by molar-refractivity contribution is -0.0995. The second kappa shape index (κ2) is 4.43. The standard InChI is InChI=1S/C15H21NO/c17-15(13-7-2-1-3-8-13)10-6-12-16-11-5-4-9-14(15)16/h1-3,7-8,14,17H,4-6,9-12H2/t14-,15+/m0/s1. The topological polar surface area (TPSA) is 23.5 Å². The number of piperidine rings is 2. The van der Waals surface area contributed by atoms with Crippen molar-refractivity contribution in [2.24, 2.45) is 0 Å². The molecule has 2 atom stereocenters. The molecular weight excluding hydrogens is 210 g/mol. The normalized spacial score (nSPS) is 34.3. The van der Waals surface area contributed by atoms with Crippen LogP contribution in [-0.2, 0) is 5.60 Å². The van der Waals surface area contributed by atoms with Gasteiger partial charge in [0.15, 0.2) is 0 Å². The molecule has 2 heterocycles. The third-order valence-corrected chi connectivity index (χ3v) is 4.44. The molecule has 2 aliphatic heterocycles. The highest BCUT2D eigenvalue weighted by molar-refractivity contribution is 5.25. The van der Waals surface area contributed by atoms with E-state index in [2.05, 4.69) is 17.0 Å². The summed E-state index contributed by atoms with van der Waals surface area (Å²) in [5.41, 5.74) is 0.497. The Morgan fingerprint density at radius 1 is 1.06 bits per heavy atom. The average Bonchev–Trinajstić information content (AvgIpc) is 2.40. The molecule has 0 aromatic heterocycles. The van der Waals surface area contributed by atoms with E-state index < -0.39 is 5.60 Å². The van der Waals surface area contributed by atoms with Crippen LogP contribution in [0.2, 0.25) is 0 Å². The minimum atomic E-state index is -0.611. The van der Waals surface area contributed by atoms with Crippen LogP contribution in [0, 0.1) is 0 Å². The molecule has 2 fully saturated rings. The van der Waals surface area contributed by atoms with E-state index in [0.29, 0.717) is 6.04 Å². The van der Waals surface area contributed by atoms with Crippen molar-refractivity contribution in [3.8, 4) is 0 Å². The number of rotatable bonds is 1. The Hall–Kier alpha value is -0.860. The zero-order valence-electron chi connectivity index (χ0n) is 10.3. The molecular formula is C15H21NO. The highest BCUT2D eigenvalue weighted by Crippen LogP contribution is 2.40. The second-order valence-corrected chi connectivity index (χ2v) is 5.44. The molecule has 2 aliphatic rings. The summed E-state index contributed by atoms with van der Waals surface area (Å²) in [6.07, 6.45) is 5.73. The smallest absolute Gasteiger partial charge is 0.105 e. The van der Waals surface area contributed by atoms with Crippen LogP contribution in [0.25, 0.3) is 0 Å². The highest BCUT2D eigenvalue weighted by atomic mass is 16.3. The van der Waals surface area contributed by atoms with E-state index >= 15 is 0 Å². The van der Waals surface area contributed by atoms with Gasteiger partial charge in [0.05, 0.1) is 0 Å². The van der Waals surface area contributed by atoms with Crippen LogP contribution in [0.1, 0.15) is 37.7 Å². The van der Waals surface area contributed by atoms with Crippen LogP contribution in [-0.4, -0.2) is 29.1 Å². The lowest BCUT2D eigenvalue weighted by atomic mass is 9.75. The molecule has 2 saturated heterocycles. The van der Waals surface area contributed by atoms with Gasteiger partial charge in [0.2, 0.25) is 0 Å². The minimum Gasteiger partial charge on any atom is -0.384 e. The van der Waals surface area contributed by atoms with Gasteiger partial charge in [-0.1, -0.05) is 36.8 Å². The van der Waals surface area contributed by atoms with Crippen LogP contribution < -0.4 is 0 Å². The summed E-state index contributed by atoms with van der Waals surface area (Å²) < 4.78 is 0. The molecule has 0 radical (unpaired) electrons. The number of nitrogens with zero attached hydrogens (tertiary/aromatic N) is 1. The van der Waals surface area contributed by atoms with E-state index in [9.17, 15) is 5.11 Å². The first-order valence-corrected chi connectivity index (χ1v) is 6.83. The summed E-state index contributed by atoms with van der Waals surface area (Å²) in [6.45, 7) is 2.33. The lowest BCUT2D eigenvalue weighted by Gasteiger charge is -2.49. The number of fused-ring (bicyclic) bond motifs is 1. The van der Waals surface area contributed by atoms with Crippen molar-refractivity contribution in [2.75, 3.05) is 13.1 Å². The Bertz CT molecular complexity index is 376. The van der Waals surface area contributed by atoms with Gasteiger partial charge in [-0.05, 0) is 44.3 Å². The quantitative estimate of drug-likeness (QED) is 0.803. The van der Waals surface area contributed by atoms with Crippen LogP contribution in [0.3, 0.4) is 0 Å². The number of aliphatic hydroxyl groups is 1. The molecule has 1 aromatic rings. The zero-order chi connectivity index (χ0) is 11.7. The first-order chi connectivity index (χ1) is 8.31. The van der Waals surface area contributed by atoms with Crippen molar-refractivity contribution < 1.29 is 5.11 Å². The minimum absolute atomic E-state index is 0.340. The predicted octanol–water partition coefficient (Wildman–Crippen LogP) is 2.52. The molecule has 0 aliphatic carbocycles. The monoisotopic (exact) mass is 231 g/mol. The number of hydrogen-bond acceptors (Lipinski definition) is 2. The molecule has 17 heavy (non-hydrogen) atoms. The van der Waals surface area contributed by atoms with Crippen molar-refractivity contribution in [1.29, 1.82) is 0 Å². The molecule has 0 saturated carbocycles. The SMILES string of the molecule is O[C@@]1(c2ccccc2)CCCN2CCCC[C@H]21. The van der Waals surface area contributed by atoms with Gasteiger partial charge in [0, 0.05) is 6.04 Å². The van der Waals surface area contributed by atoms with Crippen molar-refractivity contribution in [3.63, 3.8) is 0 Å². The van der Waals surface area contributed by atoms with Gasteiger partial charge < -0.3 is 5.11 Å². The molecule has 1 N–H and O–H groups in total. The van der Waals surface area contributed by atoms with Crippen molar-refractivity contribution in [3.05, 3.63) is 35.9 Å². The third kappa shape index (κ3) is 1.90. The number of benzene rings is 1. The first-order valence-electron chi connectivity index (χ1n) is 6.83. The summed E-state index contributed by atoms with van der Waals surface area (Å²) in [6, 6.07) is 10.6. The van der Waals surface area contributed by atoms with Crippen molar-refractivity contribution in [1.82, 2.24) is 4.90 Å². The van der Waals surface area contributed by atoms with E-state index in [4.69, 9.17) is 0 Å². The Balaban J connectivity index is 1.94. The summed E-state index contributed by atoms with van der Waals surface area (Å²) in [7, 11) is 0. The van der Waals surface area contributed by atoms with Gasteiger partial charge in [0.25, 0.3) is 0 Å². The van der Waals surface area contributed by atoms with Crippen LogP contribution in [0.15, 0.2) is 30.3 Å². The van der Waals surface area contributed by atoms with Gasteiger partial charge >= 0.3 is 0 Å². The first kappa shape index (κ1) is 11.2. The van der Waals surface area contributed by atoms with Gasteiger partial charge in [0.1, 0.15) is 5.60 Å². The Morgan fingerprint density at radius 3 is 2.65 bits per heavy atom.